The highest BCUT2D eigenvalue weighted by Gasteiger charge is 2.36. The molecule has 3 aromatic carbocycles. The van der Waals surface area contributed by atoms with E-state index in [0.29, 0.717) is 21.7 Å². The highest BCUT2D eigenvalue weighted by atomic mass is 35.5. The molecular formula is C26H22ClNO5. The van der Waals surface area contributed by atoms with Crippen LogP contribution in [0.5, 0.6) is 0 Å². The predicted molar refractivity (Wildman–Crippen MR) is 124 cm³/mol. The minimum Gasteiger partial charge on any atom is -0.481 e. The topological polar surface area (TPSA) is 94.9 Å². The molecule has 2 unspecified atom stereocenters. The SMILES string of the molecule is O=C(O)C(CCN1C(=O)c2ccccc2C1=O)CC(O)c1ccccc1-c1ccc(Cl)cc1. The number of benzene rings is 3. The van der Waals surface area contributed by atoms with Crippen molar-refractivity contribution in [1.82, 2.24) is 4.90 Å². The van der Waals surface area contributed by atoms with Crippen molar-refractivity contribution in [1.29, 1.82) is 0 Å². The molecule has 2 amide bonds. The molecular weight excluding hydrogens is 442 g/mol. The Morgan fingerprint density at radius 2 is 1.39 bits per heavy atom. The number of aliphatic hydroxyl groups is 1. The van der Waals surface area contributed by atoms with E-state index in [-0.39, 0.29) is 19.4 Å². The summed E-state index contributed by atoms with van der Waals surface area (Å²) in [5, 5.41) is 21.3. The van der Waals surface area contributed by atoms with Crippen LogP contribution in [0.4, 0.5) is 0 Å². The lowest BCUT2D eigenvalue weighted by Gasteiger charge is -2.21. The molecule has 1 aliphatic rings. The lowest BCUT2D eigenvalue weighted by atomic mass is 9.89. The molecule has 33 heavy (non-hydrogen) atoms. The molecule has 0 saturated carbocycles. The molecule has 168 valence electrons. The fraction of sp³-hybridized carbons (Fsp3) is 0.192. The normalized spacial score (nSPS) is 14.8. The summed E-state index contributed by atoms with van der Waals surface area (Å²) in [7, 11) is 0. The number of carboxylic acids is 1. The van der Waals surface area contributed by atoms with Gasteiger partial charge in [0.2, 0.25) is 0 Å². The van der Waals surface area contributed by atoms with Gasteiger partial charge in [-0.3, -0.25) is 19.3 Å². The van der Waals surface area contributed by atoms with E-state index in [9.17, 15) is 24.6 Å². The molecule has 0 aliphatic carbocycles. The second-order valence-electron chi connectivity index (χ2n) is 7.98. The van der Waals surface area contributed by atoms with Crippen molar-refractivity contribution in [2.24, 2.45) is 5.92 Å². The maximum Gasteiger partial charge on any atom is 0.306 e. The fourth-order valence-corrected chi connectivity index (χ4v) is 4.27. The van der Waals surface area contributed by atoms with Crippen LogP contribution < -0.4 is 0 Å². The van der Waals surface area contributed by atoms with Gasteiger partial charge in [-0.2, -0.15) is 0 Å². The van der Waals surface area contributed by atoms with Crippen molar-refractivity contribution in [2.75, 3.05) is 6.54 Å². The van der Waals surface area contributed by atoms with Gasteiger partial charge in [-0.1, -0.05) is 60.1 Å². The van der Waals surface area contributed by atoms with Gasteiger partial charge in [0.05, 0.1) is 23.1 Å². The van der Waals surface area contributed by atoms with Crippen LogP contribution in [0.3, 0.4) is 0 Å². The number of aliphatic hydroxyl groups excluding tert-OH is 1. The number of halogens is 1. The monoisotopic (exact) mass is 463 g/mol. The van der Waals surface area contributed by atoms with Crippen LogP contribution in [0.1, 0.15) is 45.2 Å². The third-order valence-corrected chi connectivity index (χ3v) is 6.16. The number of rotatable bonds is 8. The first-order valence-electron chi connectivity index (χ1n) is 10.6. The van der Waals surface area contributed by atoms with Crippen LogP contribution in [0.2, 0.25) is 5.02 Å². The van der Waals surface area contributed by atoms with Gasteiger partial charge >= 0.3 is 5.97 Å². The van der Waals surface area contributed by atoms with E-state index < -0.39 is 29.8 Å². The van der Waals surface area contributed by atoms with Gasteiger partial charge in [0.25, 0.3) is 11.8 Å². The number of aliphatic carboxylic acids is 1. The van der Waals surface area contributed by atoms with Crippen molar-refractivity contribution < 1.29 is 24.6 Å². The molecule has 1 heterocycles. The molecule has 2 N–H and O–H groups in total. The lowest BCUT2D eigenvalue weighted by Crippen LogP contribution is -2.33. The van der Waals surface area contributed by atoms with E-state index >= 15 is 0 Å². The summed E-state index contributed by atoms with van der Waals surface area (Å²) in [6, 6.07) is 21.0. The van der Waals surface area contributed by atoms with E-state index in [1.54, 1.807) is 48.5 Å². The Bertz CT molecular complexity index is 1170. The molecule has 7 heteroatoms. The largest absolute Gasteiger partial charge is 0.481 e. The first-order chi connectivity index (χ1) is 15.9. The molecule has 0 fully saturated rings. The van der Waals surface area contributed by atoms with Gasteiger partial charge in [-0.15, -0.1) is 0 Å². The number of imide groups is 1. The maximum atomic E-state index is 12.6. The summed E-state index contributed by atoms with van der Waals surface area (Å²) in [6.07, 6.45) is -1.05. The molecule has 0 radical (unpaired) electrons. The molecule has 0 saturated heterocycles. The van der Waals surface area contributed by atoms with Crippen molar-refractivity contribution in [3.63, 3.8) is 0 Å². The third kappa shape index (κ3) is 4.67. The van der Waals surface area contributed by atoms with Gasteiger partial charge in [-0.25, -0.2) is 0 Å². The summed E-state index contributed by atoms with van der Waals surface area (Å²) in [5.41, 5.74) is 2.89. The van der Waals surface area contributed by atoms with Crippen molar-refractivity contribution in [3.05, 3.63) is 94.5 Å². The number of carbonyl (C=O) groups excluding carboxylic acids is 2. The summed E-state index contributed by atoms with van der Waals surface area (Å²) < 4.78 is 0. The Labute approximate surface area is 196 Å². The maximum absolute atomic E-state index is 12.6. The summed E-state index contributed by atoms with van der Waals surface area (Å²) in [5.74, 6) is -2.88. The first kappa shape index (κ1) is 22.7. The third-order valence-electron chi connectivity index (χ3n) is 5.91. The van der Waals surface area contributed by atoms with Gasteiger partial charge in [0, 0.05) is 11.6 Å². The first-order valence-corrected chi connectivity index (χ1v) is 11.0. The molecule has 0 bridgehead atoms. The number of nitrogens with zero attached hydrogens (tertiary/aromatic N) is 1. The van der Waals surface area contributed by atoms with Crippen LogP contribution >= 0.6 is 11.6 Å². The van der Waals surface area contributed by atoms with Gasteiger partial charge in [-0.05, 0) is 53.8 Å². The highest BCUT2D eigenvalue weighted by Crippen LogP contribution is 2.33. The standard InChI is InChI=1S/C26H22ClNO5/c27-18-11-9-16(10-12-18)19-5-1-2-6-20(19)23(29)15-17(26(32)33)13-14-28-24(30)21-7-3-4-8-22(21)25(28)31/h1-12,17,23,29H,13-15H2,(H,32,33). The number of hydrogen-bond acceptors (Lipinski definition) is 4. The number of fused-ring (bicyclic) bond motifs is 1. The van der Waals surface area contributed by atoms with Crippen LogP contribution in [0.25, 0.3) is 11.1 Å². The highest BCUT2D eigenvalue weighted by molar-refractivity contribution is 6.30. The fourth-order valence-electron chi connectivity index (χ4n) is 4.15. The Morgan fingerprint density at radius 1 is 0.848 bits per heavy atom. The van der Waals surface area contributed by atoms with E-state index in [1.807, 2.05) is 24.3 Å². The van der Waals surface area contributed by atoms with Gasteiger partial charge in [0.15, 0.2) is 0 Å². The van der Waals surface area contributed by atoms with Gasteiger partial charge in [0.1, 0.15) is 0 Å². The van der Waals surface area contributed by atoms with Crippen LogP contribution in [0, 0.1) is 5.92 Å². The van der Waals surface area contributed by atoms with Crippen molar-refractivity contribution in [3.8, 4) is 11.1 Å². The van der Waals surface area contributed by atoms with Crippen molar-refractivity contribution in [2.45, 2.75) is 18.9 Å². The van der Waals surface area contributed by atoms with Crippen LogP contribution in [-0.2, 0) is 4.79 Å². The summed E-state index contributed by atoms with van der Waals surface area (Å²) in [4.78, 5) is 38.1. The Balaban J connectivity index is 1.48. The van der Waals surface area contributed by atoms with E-state index in [1.165, 1.54) is 0 Å². The minimum absolute atomic E-state index is 0.0329. The Kier molecular flexibility index (Phi) is 6.58. The number of carboxylic acid groups (broad SMARTS) is 1. The quantitative estimate of drug-likeness (QED) is 0.467. The van der Waals surface area contributed by atoms with Gasteiger partial charge < -0.3 is 10.2 Å². The molecule has 0 aromatic heterocycles. The average Bonchev–Trinajstić information content (AvgIpc) is 3.06. The molecule has 4 rings (SSSR count). The van der Waals surface area contributed by atoms with Crippen LogP contribution in [0.15, 0.2) is 72.8 Å². The Hall–Kier alpha value is -3.48. The Morgan fingerprint density at radius 3 is 1.97 bits per heavy atom. The summed E-state index contributed by atoms with van der Waals surface area (Å²) in [6.45, 7) is -0.0329. The minimum atomic E-state index is -1.09. The smallest absolute Gasteiger partial charge is 0.306 e. The zero-order chi connectivity index (χ0) is 23.5. The second kappa shape index (κ2) is 9.57. The summed E-state index contributed by atoms with van der Waals surface area (Å²) >= 11 is 5.98. The van der Waals surface area contributed by atoms with E-state index in [4.69, 9.17) is 11.6 Å². The van der Waals surface area contributed by atoms with E-state index in [0.717, 1.165) is 16.0 Å². The van der Waals surface area contributed by atoms with Crippen molar-refractivity contribution >= 4 is 29.4 Å². The average molecular weight is 464 g/mol. The zero-order valence-electron chi connectivity index (χ0n) is 17.6. The second-order valence-corrected chi connectivity index (χ2v) is 8.41. The molecule has 6 nitrogen and oxygen atoms in total. The zero-order valence-corrected chi connectivity index (χ0v) is 18.4. The predicted octanol–water partition coefficient (Wildman–Crippen LogP) is 4.82. The number of hydrogen-bond donors (Lipinski definition) is 2. The lowest BCUT2D eigenvalue weighted by molar-refractivity contribution is -0.143. The van der Waals surface area contributed by atoms with Crippen LogP contribution in [-0.4, -0.2) is 39.4 Å². The molecule has 0 spiro atoms. The van der Waals surface area contributed by atoms with E-state index in [2.05, 4.69) is 0 Å². The molecule has 3 aromatic rings. The number of amides is 2. The molecule has 2 atom stereocenters. The number of carbonyl (C=O) groups is 3. The molecule has 1 aliphatic heterocycles.